The Balaban J connectivity index is 2.21. The smallest absolute Gasteiger partial charge is 0.0834 e. The van der Waals surface area contributed by atoms with Gasteiger partial charge in [0.2, 0.25) is 0 Å². The summed E-state index contributed by atoms with van der Waals surface area (Å²) >= 11 is 3.70. The number of ether oxygens (including phenoxy) is 1. The highest BCUT2D eigenvalue weighted by Gasteiger charge is 2.44. The largest absolute Gasteiger partial charge is 0.377 e. The first-order chi connectivity index (χ1) is 9.07. The van der Waals surface area contributed by atoms with Crippen molar-refractivity contribution in [1.82, 2.24) is 15.1 Å². The normalized spacial score (nSPS) is 19.2. The summed E-state index contributed by atoms with van der Waals surface area (Å²) in [4.78, 5) is 0. The van der Waals surface area contributed by atoms with Gasteiger partial charge >= 0.3 is 0 Å². The predicted octanol–water partition coefficient (Wildman–Crippen LogP) is 2.44. The number of hydrogen-bond donors (Lipinski definition) is 1. The lowest BCUT2D eigenvalue weighted by Gasteiger charge is -2.46. The van der Waals surface area contributed by atoms with Crippen LogP contribution in [0.2, 0.25) is 0 Å². The van der Waals surface area contributed by atoms with Crippen molar-refractivity contribution in [3.63, 3.8) is 0 Å². The van der Waals surface area contributed by atoms with Gasteiger partial charge in [-0.15, -0.1) is 0 Å². The van der Waals surface area contributed by atoms with Crippen molar-refractivity contribution in [1.29, 1.82) is 0 Å². The number of aromatic nitrogens is 2. The molecule has 1 saturated carbocycles. The van der Waals surface area contributed by atoms with Gasteiger partial charge < -0.3 is 10.1 Å². The van der Waals surface area contributed by atoms with Gasteiger partial charge in [-0.1, -0.05) is 6.92 Å². The van der Waals surface area contributed by atoms with Gasteiger partial charge in [-0.25, -0.2) is 0 Å². The Kier molecular flexibility index (Phi) is 4.69. The van der Waals surface area contributed by atoms with Gasteiger partial charge in [-0.3, -0.25) is 4.68 Å². The molecular formula is C14H24BrN3O. The minimum absolute atomic E-state index is 0.00480. The van der Waals surface area contributed by atoms with E-state index in [9.17, 15) is 0 Å². The summed E-state index contributed by atoms with van der Waals surface area (Å²) in [5.41, 5.74) is 2.39. The fourth-order valence-electron chi connectivity index (χ4n) is 3.01. The second kappa shape index (κ2) is 5.94. The lowest BCUT2D eigenvalue weighted by molar-refractivity contribution is -0.0969. The van der Waals surface area contributed by atoms with Gasteiger partial charge in [0.15, 0.2) is 0 Å². The maximum atomic E-state index is 5.80. The quantitative estimate of drug-likeness (QED) is 0.871. The molecule has 1 aromatic rings. The summed E-state index contributed by atoms with van der Waals surface area (Å²) in [6.07, 6.45) is 5.44. The van der Waals surface area contributed by atoms with Crippen molar-refractivity contribution < 1.29 is 4.74 Å². The molecule has 1 aliphatic carbocycles. The van der Waals surface area contributed by atoms with Crippen LogP contribution in [0.25, 0.3) is 0 Å². The number of rotatable bonds is 6. The lowest BCUT2D eigenvalue weighted by Crippen LogP contribution is -2.56. The lowest BCUT2D eigenvalue weighted by atomic mass is 9.73. The van der Waals surface area contributed by atoms with Crippen LogP contribution in [0.3, 0.4) is 0 Å². The Bertz CT molecular complexity index is 435. The summed E-state index contributed by atoms with van der Waals surface area (Å²) in [7, 11) is 5.88. The van der Waals surface area contributed by atoms with Gasteiger partial charge in [0.05, 0.1) is 21.5 Å². The van der Waals surface area contributed by atoms with Crippen molar-refractivity contribution >= 4 is 15.9 Å². The van der Waals surface area contributed by atoms with Gasteiger partial charge in [-0.05, 0) is 48.7 Å². The molecule has 5 heteroatoms. The Labute approximate surface area is 124 Å². The number of methoxy groups -OCH3 is 1. The van der Waals surface area contributed by atoms with E-state index in [2.05, 4.69) is 33.3 Å². The summed E-state index contributed by atoms with van der Waals surface area (Å²) in [6.45, 7) is 2.13. The van der Waals surface area contributed by atoms with Gasteiger partial charge in [-0.2, -0.15) is 5.10 Å². The summed E-state index contributed by atoms with van der Waals surface area (Å²) in [5.74, 6) is 0. The molecule has 1 aromatic heterocycles. The van der Waals surface area contributed by atoms with E-state index in [-0.39, 0.29) is 5.60 Å². The molecule has 1 unspecified atom stereocenters. The average Bonchev–Trinajstić information content (AvgIpc) is 2.63. The topological polar surface area (TPSA) is 39.1 Å². The fourth-order valence-corrected chi connectivity index (χ4v) is 3.78. The molecule has 1 fully saturated rings. The number of aryl methyl sites for hydroxylation is 2. The first kappa shape index (κ1) is 15.0. The fraction of sp³-hybridized carbons (Fsp3) is 0.786. The third-order valence-electron chi connectivity index (χ3n) is 4.49. The second-order valence-corrected chi connectivity index (χ2v) is 6.15. The van der Waals surface area contributed by atoms with Crippen molar-refractivity contribution in [2.75, 3.05) is 14.2 Å². The Morgan fingerprint density at radius 2 is 2.21 bits per heavy atom. The number of likely N-dealkylation sites (N-methyl/N-ethyl adjacent to an activating group) is 1. The number of hydrogen-bond acceptors (Lipinski definition) is 3. The van der Waals surface area contributed by atoms with Gasteiger partial charge in [0.25, 0.3) is 0 Å². The molecule has 0 aromatic carbocycles. The number of nitrogens with zero attached hydrogens (tertiary/aromatic N) is 2. The van der Waals surface area contributed by atoms with Crippen molar-refractivity contribution in [3.05, 3.63) is 15.9 Å². The molecule has 0 saturated heterocycles. The zero-order valence-corrected chi connectivity index (χ0v) is 13.9. The van der Waals surface area contributed by atoms with Crippen LogP contribution in [0, 0.1) is 0 Å². The van der Waals surface area contributed by atoms with E-state index in [0.717, 1.165) is 35.8 Å². The summed E-state index contributed by atoms with van der Waals surface area (Å²) in [5, 5.41) is 8.01. The third kappa shape index (κ3) is 2.60. The zero-order valence-electron chi connectivity index (χ0n) is 12.3. The van der Waals surface area contributed by atoms with E-state index >= 15 is 0 Å². The minimum atomic E-state index is 0.00480. The predicted molar refractivity (Wildman–Crippen MR) is 80.4 cm³/mol. The van der Waals surface area contributed by atoms with Crippen LogP contribution in [-0.2, 0) is 24.6 Å². The molecule has 1 atom stereocenters. The highest BCUT2D eigenvalue weighted by Crippen LogP contribution is 2.39. The Morgan fingerprint density at radius 1 is 1.53 bits per heavy atom. The van der Waals surface area contributed by atoms with E-state index < -0.39 is 0 Å². The molecule has 1 aliphatic rings. The highest BCUT2D eigenvalue weighted by atomic mass is 79.9. The molecule has 1 N–H and O–H groups in total. The molecule has 0 amide bonds. The summed E-state index contributed by atoms with van der Waals surface area (Å²) < 4.78 is 8.96. The van der Waals surface area contributed by atoms with E-state index in [4.69, 9.17) is 4.74 Å². The maximum absolute atomic E-state index is 5.80. The number of halogens is 1. The molecule has 19 heavy (non-hydrogen) atoms. The summed E-state index contributed by atoms with van der Waals surface area (Å²) in [6, 6.07) is 0.336. The highest BCUT2D eigenvalue weighted by molar-refractivity contribution is 9.10. The van der Waals surface area contributed by atoms with Crippen molar-refractivity contribution in [3.8, 4) is 0 Å². The van der Waals surface area contributed by atoms with Crippen LogP contribution < -0.4 is 5.32 Å². The van der Waals surface area contributed by atoms with Gasteiger partial charge in [0.1, 0.15) is 0 Å². The van der Waals surface area contributed by atoms with Crippen LogP contribution >= 0.6 is 15.9 Å². The average molecular weight is 330 g/mol. The molecule has 4 nitrogen and oxygen atoms in total. The molecule has 0 aliphatic heterocycles. The molecule has 0 bridgehead atoms. The first-order valence-corrected chi connectivity index (χ1v) is 7.80. The maximum Gasteiger partial charge on any atom is 0.0834 e. The SMILES string of the molecule is CCc1nn(C)c(CC(NC)C2(OC)CCC2)c1Br. The molecule has 2 rings (SSSR count). The minimum Gasteiger partial charge on any atom is -0.377 e. The Hall–Kier alpha value is -0.390. The van der Waals surface area contributed by atoms with Crippen LogP contribution in [0.4, 0.5) is 0 Å². The van der Waals surface area contributed by atoms with E-state index in [1.165, 1.54) is 12.1 Å². The zero-order chi connectivity index (χ0) is 14.0. The van der Waals surface area contributed by atoms with Crippen LogP contribution in [0.5, 0.6) is 0 Å². The van der Waals surface area contributed by atoms with Crippen molar-refractivity contribution in [2.45, 2.75) is 50.7 Å². The van der Waals surface area contributed by atoms with Crippen molar-refractivity contribution in [2.24, 2.45) is 7.05 Å². The van der Waals surface area contributed by atoms with E-state index in [1.807, 2.05) is 25.9 Å². The number of nitrogens with one attached hydrogen (secondary N) is 1. The van der Waals surface area contributed by atoms with Crippen LogP contribution in [0.1, 0.15) is 37.6 Å². The Morgan fingerprint density at radius 3 is 2.58 bits per heavy atom. The van der Waals surface area contributed by atoms with Crippen LogP contribution in [-0.4, -0.2) is 35.6 Å². The molecule has 1 heterocycles. The van der Waals surface area contributed by atoms with E-state index in [1.54, 1.807) is 0 Å². The first-order valence-electron chi connectivity index (χ1n) is 7.00. The standard InChI is InChI=1S/C14H24BrN3O/c1-5-10-13(15)11(18(3)17-10)9-12(16-2)14(19-4)7-6-8-14/h12,16H,5-9H2,1-4H3. The monoisotopic (exact) mass is 329 g/mol. The molecule has 0 spiro atoms. The molecule has 108 valence electrons. The van der Waals surface area contributed by atoms with Crippen LogP contribution in [0.15, 0.2) is 4.47 Å². The van der Waals surface area contributed by atoms with E-state index in [0.29, 0.717) is 6.04 Å². The molecule has 0 radical (unpaired) electrons. The molecular weight excluding hydrogens is 306 g/mol. The second-order valence-electron chi connectivity index (χ2n) is 5.35. The third-order valence-corrected chi connectivity index (χ3v) is 5.41. The van der Waals surface area contributed by atoms with Gasteiger partial charge in [0, 0.05) is 26.6 Å².